The van der Waals surface area contributed by atoms with Crippen LogP contribution in [0.5, 0.6) is 0 Å². The predicted molar refractivity (Wildman–Crippen MR) is 38.5 cm³/mol. The Morgan fingerprint density at radius 2 is 2.40 bits per heavy atom. The third kappa shape index (κ3) is 1.48. The number of hydrogen-bond donors (Lipinski definition) is 1. The SMILES string of the molecule is CO[C@H]1CCCC/C1=N\O. The van der Waals surface area contributed by atoms with Crippen molar-refractivity contribution in [3.8, 4) is 0 Å². The van der Waals surface area contributed by atoms with Crippen LogP contribution < -0.4 is 0 Å². The summed E-state index contributed by atoms with van der Waals surface area (Å²) in [7, 11) is 1.65. The van der Waals surface area contributed by atoms with Crippen molar-refractivity contribution in [3.63, 3.8) is 0 Å². The van der Waals surface area contributed by atoms with Crippen molar-refractivity contribution >= 4 is 5.71 Å². The maximum absolute atomic E-state index is 8.50. The molecule has 0 aromatic rings. The van der Waals surface area contributed by atoms with Gasteiger partial charge in [-0.05, 0) is 19.3 Å². The molecule has 58 valence electrons. The van der Waals surface area contributed by atoms with E-state index >= 15 is 0 Å². The summed E-state index contributed by atoms with van der Waals surface area (Å²) in [6.07, 6.45) is 4.25. The number of rotatable bonds is 1. The van der Waals surface area contributed by atoms with E-state index in [-0.39, 0.29) is 6.10 Å². The molecule has 3 nitrogen and oxygen atoms in total. The Bertz CT molecular complexity index is 134. The topological polar surface area (TPSA) is 41.8 Å². The molecular weight excluding hydrogens is 130 g/mol. The van der Waals surface area contributed by atoms with Crippen LogP contribution in [0.2, 0.25) is 0 Å². The largest absolute Gasteiger partial charge is 0.411 e. The van der Waals surface area contributed by atoms with Gasteiger partial charge < -0.3 is 9.94 Å². The van der Waals surface area contributed by atoms with Crippen LogP contribution in [0.15, 0.2) is 5.16 Å². The van der Waals surface area contributed by atoms with E-state index in [1.807, 2.05) is 0 Å². The van der Waals surface area contributed by atoms with Crippen LogP contribution in [0.1, 0.15) is 25.7 Å². The van der Waals surface area contributed by atoms with Gasteiger partial charge in [0.2, 0.25) is 0 Å². The lowest BCUT2D eigenvalue weighted by Gasteiger charge is -2.20. The second-order valence-corrected chi connectivity index (χ2v) is 2.56. The second-order valence-electron chi connectivity index (χ2n) is 2.56. The quantitative estimate of drug-likeness (QED) is 0.445. The van der Waals surface area contributed by atoms with Crippen LogP contribution in [0, 0.1) is 0 Å². The van der Waals surface area contributed by atoms with Crippen LogP contribution >= 0.6 is 0 Å². The third-order valence-corrected chi connectivity index (χ3v) is 1.93. The predicted octanol–water partition coefficient (Wildman–Crippen LogP) is 1.41. The maximum atomic E-state index is 8.50. The summed E-state index contributed by atoms with van der Waals surface area (Å²) in [5.74, 6) is 0. The van der Waals surface area contributed by atoms with E-state index in [0.29, 0.717) is 0 Å². The van der Waals surface area contributed by atoms with Crippen LogP contribution in [-0.2, 0) is 4.74 Å². The average Bonchev–Trinajstić information content (AvgIpc) is 2.04. The first-order chi connectivity index (χ1) is 4.88. The summed E-state index contributed by atoms with van der Waals surface area (Å²) in [4.78, 5) is 0. The monoisotopic (exact) mass is 143 g/mol. The summed E-state index contributed by atoms with van der Waals surface area (Å²) in [5, 5.41) is 11.7. The first kappa shape index (κ1) is 7.54. The molecule has 0 heterocycles. The van der Waals surface area contributed by atoms with Gasteiger partial charge in [-0.2, -0.15) is 0 Å². The Labute approximate surface area is 60.7 Å². The van der Waals surface area contributed by atoms with Gasteiger partial charge in [0, 0.05) is 7.11 Å². The molecule has 1 N–H and O–H groups in total. The van der Waals surface area contributed by atoms with Gasteiger partial charge in [-0.1, -0.05) is 11.6 Å². The van der Waals surface area contributed by atoms with Gasteiger partial charge in [0.15, 0.2) is 0 Å². The lowest BCUT2D eigenvalue weighted by molar-refractivity contribution is 0.133. The van der Waals surface area contributed by atoms with Crippen molar-refractivity contribution in [2.75, 3.05) is 7.11 Å². The second kappa shape index (κ2) is 3.56. The summed E-state index contributed by atoms with van der Waals surface area (Å²) in [6, 6.07) is 0. The molecule has 1 aliphatic carbocycles. The van der Waals surface area contributed by atoms with E-state index in [1.165, 1.54) is 6.42 Å². The van der Waals surface area contributed by atoms with Crippen molar-refractivity contribution in [1.29, 1.82) is 0 Å². The van der Waals surface area contributed by atoms with Crippen molar-refractivity contribution < 1.29 is 9.94 Å². The minimum atomic E-state index is 0.0683. The van der Waals surface area contributed by atoms with Gasteiger partial charge in [0.25, 0.3) is 0 Å². The Kier molecular flexibility index (Phi) is 2.68. The highest BCUT2D eigenvalue weighted by Gasteiger charge is 2.19. The molecule has 0 unspecified atom stereocenters. The molecule has 1 rings (SSSR count). The number of nitrogens with zero attached hydrogens (tertiary/aromatic N) is 1. The molecule has 0 radical (unpaired) electrons. The molecule has 0 amide bonds. The number of methoxy groups -OCH3 is 1. The van der Waals surface area contributed by atoms with Gasteiger partial charge >= 0.3 is 0 Å². The molecule has 1 aliphatic rings. The van der Waals surface area contributed by atoms with Crippen molar-refractivity contribution in [2.45, 2.75) is 31.8 Å². The minimum Gasteiger partial charge on any atom is -0.411 e. The molecule has 1 atom stereocenters. The van der Waals surface area contributed by atoms with Gasteiger partial charge in [-0.25, -0.2) is 0 Å². The lowest BCUT2D eigenvalue weighted by Crippen LogP contribution is -2.26. The van der Waals surface area contributed by atoms with Gasteiger partial charge in [0.1, 0.15) is 0 Å². The normalized spacial score (nSPS) is 30.9. The van der Waals surface area contributed by atoms with Crippen LogP contribution in [-0.4, -0.2) is 24.1 Å². The highest BCUT2D eigenvalue weighted by atomic mass is 16.5. The van der Waals surface area contributed by atoms with Crippen molar-refractivity contribution in [1.82, 2.24) is 0 Å². The fourth-order valence-electron chi connectivity index (χ4n) is 1.33. The molecule has 0 aromatic heterocycles. The fraction of sp³-hybridized carbons (Fsp3) is 0.857. The van der Waals surface area contributed by atoms with E-state index in [1.54, 1.807) is 7.11 Å². The lowest BCUT2D eigenvalue weighted by atomic mass is 9.96. The molecule has 10 heavy (non-hydrogen) atoms. The minimum absolute atomic E-state index is 0.0683. The summed E-state index contributed by atoms with van der Waals surface area (Å²) < 4.78 is 5.10. The van der Waals surface area contributed by atoms with Crippen LogP contribution in [0.3, 0.4) is 0 Å². The summed E-state index contributed by atoms with van der Waals surface area (Å²) >= 11 is 0. The van der Waals surface area contributed by atoms with Gasteiger partial charge in [-0.15, -0.1) is 0 Å². The average molecular weight is 143 g/mol. The molecule has 1 fully saturated rings. The smallest absolute Gasteiger partial charge is 0.0985 e. The number of oxime groups is 1. The molecule has 0 bridgehead atoms. The molecule has 0 aromatic carbocycles. The highest BCUT2D eigenvalue weighted by molar-refractivity contribution is 5.88. The maximum Gasteiger partial charge on any atom is 0.0985 e. The summed E-state index contributed by atoms with van der Waals surface area (Å²) in [5.41, 5.74) is 0.800. The number of hydrogen-bond acceptors (Lipinski definition) is 3. The van der Waals surface area contributed by atoms with Crippen LogP contribution in [0.25, 0.3) is 0 Å². The van der Waals surface area contributed by atoms with Crippen LogP contribution in [0.4, 0.5) is 0 Å². The van der Waals surface area contributed by atoms with E-state index in [9.17, 15) is 0 Å². The van der Waals surface area contributed by atoms with Crippen molar-refractivity contribution in [3.05, 3.63) is 0 Å². The highest BCUT2D eigenvalue weighted by Crippen LogP contribution is 2.17. The van der Waals surface area contributed by atoms with E-state index < -0.39 is 0 Å². The Hall–Kier alpha value is -0.570. The molecule has 1 saturated carbocycles. The van der Waals surface area contributed by atoms with Crippen molar-refractivity contribution in [2.24, 2.45) is 5.16 Å². The first-order valence-electron chi connectivity index (χ1n) is 3.62. The molecule has 0 spiro atoms. The van der Waals surface area contributed by atoms with E-state index in [4.69, 9.17) is 9.94 Å². The molecular formula is C7H13NO2. The first-order valence-corrected chi connectivity index (χ1v) is 3.62. The zero-order chi connectivity index (χ0) is 7.40. The van der Waals surface area contributed by atoms with Gasteiger partial charge in [-0.3, -0.25) is 0 Å². The zero-order valence-electron chi connectivity index (χ0n) is 6.21. The zero-order valence-corrected chi connectivity index (χ0v) is 6.21. The van der Waals surface area contributed by atoms with E-state index in [2.05, 4.69) is 5.16 Å². The Morgan fingerprint density at radius 1 is 1.60 bits per heavy atom. The Morgan fingerprint density at radius 3 is 2.90 bits per heavy atom. The summed E-state index contributed by atoms with van der Waals surface area (Å²) in [6.45, 7) is 0. The number of ether oxygens (including phenoxy) is 1. The molecule has 0 aliphatic heterocycles. The third-order valence-electron chi connectivity index (χ3n) is 1.93. The van der Waals surface area contributed by atoms with E-state index in [0.717, 1.165) is 25.0 Å². The standard InChI is InChI=1S/C7H13NO2/c1-10-7-5-3-2-4-6(7)8-9/h7,9H,2-5H2,1H3/b8-6+/t7-/m0/s1. The Balaban J connectivity index is 2.50. The molecule has 0 saturated heterocycles. The molecule has 3 heteroatoms. The fourth-order valence-corrected chi connectivity index (χ4v) is 1.33. The van der Waals surface area contributed by atoms with Gasteiger partial charge in [0.05, 0.1) is 11.8 Å².